The number of hydrogen-bond donors (Lipinski definition) is 2. The number of nitrogens with one attached hydrogen (secondary N) is 1. The number of thiocarbonyl (C=S) groups is 1. The second-order valence-corrected chi connectivity index (χ2v) is 7.72. The third-order valence-electron chi connectivity index (χ3n) is 4.00. The maximum absolute atomic E-state index is 12.6. The minimum absolute atomic E-state index is 0.163. The van der Waals surface area contributed by atoms with Crippen LogP contribution < -0.4 is 10.5 Å². The van der Waals surface area contributed by atoms with Crippen molar-refractivity contribution in [2.24, 2.45) is 5.73 Å². The van der Waals surface area contributed by atoms with E-state index in [4.69, 9.17) is 22.7 Å². The Balaban J connectivity index is 2.34. The summed E-state index contributed by atoms with van der Waals surface area (Å²) in [5.41, 5.74) is 6.24. The molecule has 0 radical (unpaired) electrons. The van der Waals surface area contributed by atoms with Crippen LogP contribution in [0.15, 0.2) is 23.1 Å². The van der Waals surface area contributed by atoms with Crippen LogP contribution in [-0.4, -0.2) is 31.7 Å². The first kappa shape index (κ1) is 16.4. The molecule has 1 fully saturated rings. The summed E-state index contributed by atoms with van der Waals surface area (Å²) in [7, 11) is -3.62. The average molecular weight is 328 g/mol. The predicted molar refractivity (Wildman–Crippen MR) is 85.8 cm³/mol. The fourth-order valence-corrected chi connectivity index (χ4v) is 4.28. The highest BCUT2D eigenvalue weighted by Crippen LogP contribution is 2.28. The number of nitrogens with two attached hydrogens (primary N) is 1. The van der Waals surface area contributed by atoms with E-state index in [2.05, 4.69) is 4.72 Å². The van der Waals surface area contributed by atoms with Crippen molar-refractivity contribution >= 4 is 27.2 Å². The zero-order valence-corrected chi connectivity index (χ0v) is 14.0. The van der Waals surface area contributed by atoms with Crippen molar-refractivity contribution in [1.82, 2.24) is 4.72 Å². The Labute approximate surface area is 130 Å². The molecule has 0 spiro atoms. The van der Waals surface area contributed by atoms with Crippen LogP contribution in [0.1, 0.15) is 31.4 Å². The summed E-state index contributed by atoms with van der Waals surface area (Å²) in [6.07, 6.45) is 0.487. The van der Waals surface area contributed by atoms with Gasteiger partial charge in [-0.05, 0) is 44.9 Å². The van der Waals surface area contributed by atoms with Crippen molar-refractivity contribution in [2.45, 2.75) is 43.7 Å². The van der Waals surface area contributed by atoms with E-state index in [0.717, 1.165) is 0 Å². The Morgan fingerprint density at radius 1 is 1.52 bits per heavy atom. The molecule has 1 aliphatic rings. The smallest absolute Gasteiger partial charge is 0.241 e. The normalized spacial score (nSPS) is 26.0. The van der Waals surface area contributed by atoms with E-state index < -0.39 is 15.6 Å². The molecule has 1 heterocycles. The van der Waals surface area contributed by atoms with Crippen LogP contribution in [0.3, 0.4) is 0 Å². The standard InChI is InChI=1S/C14H20N2O3S2/c1-9-8-11(13(15)20)4-5-12(9)21(17,18)16-14(3)6-7-19-10(14)2/h4-5,8,10,16H,6-7H2,1-3H3,(H2,15,20). The SMILES string of the molecule is Cc1cc(C(N)=S)ccc1S(=O)(=O)NC1(C)CCOC1C. The van der Waals surface area contributed by atoms with Crippen molar-refractivity contribution < 1.29 is 13.2 Å². The summed E-state index contributed by atoms with van der Waals surface area (Å²) in [5.74, 6) is 0. The van der Waals surface area contributed by atoms with E-state index in [-0.39, 0.29) is 16.0 Å². The summed E-state index contributed by atoms with van der Waals surface area (Å²) < 4.78 is 33.5. The van der Waals surface area contributed by atoms with Gasteiger partial charge in [0, 0.05) is 12.2 Å². The lowest BCUT2D eigenvalue weighted by molar-refractivity contribution is 0.0957. The molecule has 7 heteroatoms. The van der Waals surface area contributed by atoms with Gasteiger partial charge in [-0.1, -0.05) is 18.3 Å². The monoisotopic (exact) mass is 328 g/mol. The highest BCUT2D eigenvalue weighted by molar-refractivity contribution is 7.89. The van der Waals surface area contributed by atoms with E-state index in [1.807, 2.05) is 13.8 Å². The van der Waals surface area contributed by atoms with E-state index in [1.54, 1.807) is 19.1 Å². The maximum atomic E-state index is 12.6. The first-order valence-electron chi connectivity index (χ1n) is 6.72. The number of hydrogen-bond acceptors (Lipinski definition) is 4. The zero-order chi connectivity index (χ0) is 15.8. The van der Waals surface area contributed by atoms with Gasteiger partial charge in [0.2, 0.25) is 10.0 Å². The van der Waals surface area contributed by atoms with Gasteiger partial charge in [-0.25, -0.2) is 13.1 Å². The number of sulfonamides is 1. The summed E-state index contributed by atoms with van der Waals surface area (Å²) in [5, 5.41) is 0. The molecule has 2 unspecified atom stereocenters. The third-order valence-corrected chi connectivity index (χ3v) is 6.01. The Morgan fingerprint density at radius 2 is 2.19 bits per heavy atom. The van der Waals surface area contributed by atoms with Crippen LogP contribution in [-0.2, 0) is 14.8 Å². The topological polar surface area (TPSA) is 81.4 Å². The fraction of sp³-hybridized carbons (Fsp3) is 0.500. The third kappa shape index (κ3) is 3.26. The fourth-order valence-electron chi connectivity index (χ4n) is 2.44. The maximum Gasteiger partial charge on any atom is 0.241 e. The zero-order valence-electron chi connectivity index (χ0n) is 12.3. The molecular formula is C14H20N2O3S2. The van der Waals surface area contributed by atoms with Crippen LogP contribution in [0.25, 0.3) is 0 Å². The van der Waals surface area contributed by atoms with Gasteiger partial charge >= 0.3 is 0 Å². The second-order valence-electron chi connectivity index (χ2n) is 5.63. The molecule has 1 saturated heterocycles. The van der Waals surface area contributed by atoms with Crippen LogP contribution in [0.4, 0.5) is 0 Å². The largest absolute Gasteiger partial charge is 0.389 e. The Morgan fingerprint density at radius 3 is 2.67 bits per heavy atom. The Bertz CT molecular complexity index is 673. The highest BCUT2D eigenvalue weighted by Gasteiger charge is 2.40. The molecule has 0 bridgehead atoms. The molecule has 0 aromatic heterocycles. The molecular weight excluding hydrogens is 308 g/mol. The van der Waals surface area contributed by atoms with Gasteiger partial charge in [-0.2, -0.15) is 0 Å². The Kier molecular flexibility index (Phi) is 4.39. The van der Waals surface area contributed by atoms with Gasteiger partial charge in [-0.3, -0.25) is 0 Å². The molecule has 0 saturated carbocycles. The van der Waals surface area contributed by atoms with E-state index in [0.29, 0.717) is 24.2 Å². The van der Waals surface area contributed by atoms with E-state index in [1.165, 1.54) is 6.07 Å². The van der Waals surface area contributed by atoms with Crippen LogP contribution >= 0.6 is 12.2 Å². The summed E-state index contributed by atoms with van der Waals surface area (Å²) in [4.78, 5) is 0.489. The lowest BCUT2D eigenvalue weighted by atomic mass is 9.97. The molecule has 1 aromatic carbocycles. The van der Waals surface area contributed by atoms with Gasteiger partial charge < -0.3 is 10.5 Å². The lowest BCUT2D eigenvalue weighted by Gasteiger charge is -2.28. The molecule has 5 nitrogen and oxygen atoms in total. The van der Waals surface area contributed by atoms with Crippen molar-refractivity contribution in [3.05, 3.63) is 29.3 Å². The van der Waals surface area contributed by atoms with Crippen LogP contribution in [0.5, 0.6) is 0 Å². The second kappa shape index (κ2) is 5.64. The molecule has 2 atom stereocenters. The molecule has 1 aliphatic heterocycles. The number of rotatable bonds is 4. The van der Waals surface area contributed by atoms with Gasteiger partial charge in [0.15, 0.2) is 0 Å². The van der Waals surface area contributed by atoms with Crippen molar-refractivity contribution in [3.8, 4) is 0 Å². The van der Waals surface area contributed by atoms with Crippen molar-refractivity contribution in [2.75, 3.05) is 6.61 Å². The minimum Gasteiger partial charge on any atom is -0.389 e. The molecule has 0 aliphatic carbocycles. The van der Waals surface area contributed by atoms with Crippen molar-refractivity contribution in [1.29, 1.82) is 0 Å². The number of benzene rings is 1. The number of aryl methyl sites for hydroxylation is 1. The molecule has 3 N–H and O–H groups in total. The predicted octanol–water partition coefficient (Wildman–Crippen LogP) is 1.48. The lowest BCUT2D eigenvalue weighted by Crippen LogP contribution is -2.50. The van der Waals surface area contributed by atoms with E-state index in [9.17, 15) is 8.42 Å². The average Bonchev–Trinajstić information content (AvgIpc) is 2.67. The van der Waals surface area contributed by atoms with Gasteiger partial charge in [0.1, 0.15) is 4.99 Å². The number of ether oxygens (including phenoxy) is 1. The van der Waals surface area contributed by atoms with Gasteiger partial charge in [-0.15, -0.1) is 0 Å². The van der Waals surface area contributed by atoms with Crippen LogP contribution in [0, 0.1) is 6.92 Å². The first-order chi connectivity index (χ1) is 9.66. The highest BCUT2D eigenvalue weighted by atomic mass is 32.2. The first-order valence-corrected chi connectivity index (χ1v) is 8.61. The Hall–Kier alpha value is -1.02. The minimum atomic E-state index is -3.62. The summed E-state index contributed by atoms with van der Waals surface area (Å²) in [6, 6.07) is 4.85. The quantitative estimate of drug-likeness (QED) is 0.818. The van der Waals surface area contributed by atoms with Gasteiger partial charge in [0.25, 0.3) is 0 Å². The summed E-state index contributed by atoms with van der Waals surface area (Å²) >= 11 is 4.90. The molecule has 1 aromatic rings. The summed E-state index contributed by atoms with van der Waals surface area (Å²) in [6.45, 7) is 6.02. The van der Waals surface area contributed by atoms with E-state index >= 15 is 0 Å². The van der Waals surface area contributed by atoms with Crippen LogP contribution in [0.2, 0.25) is 0 Å². The molecule has 2 rings (SSSR count). The molecule has 0 amide bonds. The van der Waals surface area contributed by atoms with Crippen molar-refractivity contribution in [3.63, 3.8) is 0 Å². The molecule has 116 valence electrons. The molecule has 21 heavy (non-hydrogen) atoms. The van der Waals surface area contributed by atoms with Gasteiger partial charge in [0.05, 0.1) is 16.5 Å².